The molecule has 0 N–H and O–H groups in total. The molecule has 1 aromatic heterocycles. The highest BCUT2D eigenvalue weighted by molar-refractivity contribution is 8.02. The zero-order valence-electron chi connectivity index (χ0n) is 10.7. The molecule has 0 aliphatic heterocycles. The second-order valence-electron chi connectivity index (χ2n) is 5.12. The minimum absolute atomic E-state index is 0.383. The molecule has 0 fully saturated rings. The van der Waals surface area contributed by atoms with Gasteiger partial charge in [-0.3, -0.25) is 4.98 Å². The molecule has 2 heteroatoms. The first-order valence-electron chi connectivity index (χ1n) is 5.74. The third-order valence-electron chi connectivity index (χ3n) is 2.11. The SMILES string of the molecule is CCc1ccnc(/C=C/SCC(C)(C)C)c1. The first-order chi connectivity index (χ1) is 7.51. The van der Waals surface area contributed by atoms with Gasteiger partial charge in [-0.05, 0) is 41.0 Å². The molecule has 88 valence electrons. The monoisotopic (exact) mass is 235 g/mol. The predicted molar refractivity (Wildman–Crippen MR) is 74.6 cm³/mol. The highest BCUT2D eigenvalue weighted by Gasteiger charge is 2.08. The fourth-order valence-electron chi connectivity index (χ4n) is 1.22. The molecule has 1 heterocycles. The summed E-state index contributed by atoms with van der Waals surface area (Å²) in [5, 5.41) is 2.15. The van der Waals surface area contributed by atoms with E-state index >= 15 is 0 Å². The van der Waals surface area contributed by atoms with E-state index in [2.05, 4.69) is 56.3 Å². The van der Waals surface area contributed by atoms with Crippen LogP contribution in [0.15, 0.2) is 23.7 Å². The highest BCUT2D eigenvalue weighted by atomic mass is 32.2. The Labute approximate surface area is 103 Å². The first kappa shape index (κ1) is 13.3. The zero-order chi connectivity index (χ0) is 12.0. The lowest BCUT2D eigenvalue weighted by atomic mass is 10.0. The van der Waals surface area contributed by atoms with Crippen LogP contribution in [0.5, 0.6) is 0 Å². The van der Waals surface area contributed by atoms with E-state index in [0.717, 1.165) is 17.9 Å². The van der Waals surface area contributed by atoms with Crippen LogP contribution in [0, 0.1) is 5.41 Å². The van der Waals surface area contributed by atoms with Crippen LogP contribution >= 0.6 is 11.8 Å². The van der Waals surface area contributed by atoms with E-state index in [1.807, 2.05) is 18.0 Å². The van der Waals surface area contributed by atoms with Gasteiger partial charge in [0.05, 0.1) is 5.69 Å². The van der Waals surface area contributed by atoms with Gasteiger partial charge in [0, 0.05) is 11.9 Å². The Kier molecular flexibility index (Phi) is 5.07. The maximum absolute atomic E-state index is 4.32. The third kappa shape index (κ3) is 5.36. The zero-order valence-corrected chi connectivity index (χ0v) is 11.5. The minimum atomic E-state index is 0.383. The summed E-state index contributed by atoms with van der Waals surface area (Å²) >= 11 is 1.85. The molecule has 0 aliphatic rings. The molecule has 0 amide bonds. The van der Waals surface area contributed by atoms with Crippen LogP contribution in [0.25, 0.3) is 6.08 Å². The van der Waals surface area contributed by atoms with Gasteiger partial charge in [0.15, 0.2) is 0 Å². The standard InChI is InChI=1S/C14H21NS/c1-5-12-6-8-15-13(10-12)7-9-16-11-14(2,3)4/h6-10H,5,11H2,1-4H3/b9-7+. The summed E-state index contributed by atoms with van der Waals surface area (Å²) in [7, 11) is 0. The third-order valence-corrected chi connectivity index (χ3v) is 3.47. The average molecular weight is 235 g/mol. The molecular formula is C14H21NS. The van der Waals surface area contributed by atoms with E-state index in [1.54, 1.807) is 0 Å². The van der Waals surface area contributed by atoms with Crippen LogP contribution in [0.2, 0.25) is 0 Å². The van der Waals surface area contributed by atoms with E-state index in [1.165, 1.54) is 5.56 Å². The Hall–Kier alpha value is -0.760. The first-order valence-corrected chi connectivity index (χ1v) is 6.79. The van der Waals surface area contributed by atoms with Crippen molar-refractivity contribution < 1.29 is 0 Å². The van der Waals surface area contributed by atoms with Gasteiger partial charge in [-0.15, -0.1) is 11.8 Å². The molecule has 0 aromatic carbocycles. The Morgan fingerprint density at radius 1 is 1.38 bits per heavy atom. The van der Waals surface area contributed by atoms with Gasteiger partial charge in [0.25, 0.3) is 0 Å². The number of hydrogen-bond acceptors (Lipinski definition) is 2. The molecule has 0 atom stereocenters. The second-order valence-corrected chi connectivity index (χ2v) is 6.01. The molecule has 0 bridgehead atoms. The molecule has 16 heavy (non-hydrogen) atoms. The van der Waals surface area contributed by atoms with Gasteiger partial charge in [-0.2, -0.15) is 0 Å². The van der Waals surface area contributed by atoms with Gasteiger partial charge < -0.3 is 0 Å². The van der Waals surface area contributed by atoms with Crippen LogP contribution in [0.3, 0.4) is 0 Å². The van der Waals surface area contributed by atoms with Crippen molar-refractivity contribution >= 4 is 17.8 Å². The van der Waals surface area contributed by atoms with Crippen LogP contribution in [-0.4, -0.2) is 10.7 Å². The summed E-state index contributed by atoms with van der Waals surface area (Å²) in [5.74, 6) is 1.14. The molecule has 1 rings (SSSR count). The maximum Gasteiger partial charge on any atom is 0.0637 e. The van der Waals surface area contributed by atoms with Crippen molar-refractivity contribution in [1.29, 1.82) is 0 Å². The van der Waals surface area contributed by atoms with Gasteiger partial charge in [0.2, 0.25) is 0 Å². The molecule has 0 saturated heterocycles. The number of rotatable bonds is 4. The largest absolute Gasteiger partial charge is 0.257 e. The molecule has 0 radical (unpaired) electrons. The molecule has 0 unspecified atom stereocenters. The normalized spacial score (nSPS) is 12.2. The van der Waals surface area contributed by atoms with Gasteiger partial charge >= 0.3 is 0 Å². The molecule has 1 nitrogen and oxygen atoms in total. The minimum Gasteiger partial charge on any atom is -0.257 e. The second kappa shape index (κ2) is 6.09. The van der Waals surface area contributed by atoms with Crippen LogP contribution in [0.4, 0.5) is 0 Å². The van der Waals surface area contributed by atoms with Crippen molar-refractivity contribution in [3.8, 4) is 0 Å². The van der Waals surface area contributed by atoms with E-state index in [9.17, 15) is 0 Å². The van der Waals surface area contributed by atoms with Gasteiger partial charge in [-0.25, -0.2) is 0 Å². The fourth-order valence-corrected chi connectivity index (χ4v) is 2.05. The quantitative estimate of drug-likeness (QED) is 0.767. The summed E-state index contributed by atoms with van der Waals surface area (Å²) in [5.41, 5.74) is 2.78. The molecular weight excluding hydrogens is 214 g/mol. The number of hydrogen-bond donors (Lipinski definition) is 0. The van der Waals surface area contributed by atoms with Crippen molar-refractivity contribution in [2.45, 2.75) is 34.1 Å². The van der Waals surface area contributed by atoms with Crippen molar-refractivity contribution in [2.24, 2.45) is 5.41 Å². The Balaban J connectivity index is 2.49. The summed E-state index contributed by atoms with van der Waals surface area (Å²) in [6, 6.07) is 4.22. The van der Waals surface area contributed by atoms with Crippen molar-refractivity contribution in [3.63, 3.8) is 0 Å². The Morgan fingerprint density at radius 2 is 2.12 bits per heavy atom. The Bertz CT molecular complexity index is 350. The van der Waals surface area contributed by atoms with Crippen LogP contribution < -0.4 is 0 Å². The van der Waals surface area contributed by atoms with Crippen LogP contribution in [-0.2, 0) is 6.42 Å². The highest BCUT2D eigenvalue weighted by Crippen LogP contribution is 2.21. The molecule has 0 aliphatic carbocycles. The van der Waals surface area contributed by atoms with E-state index in [4.69, 9.17) is 0 Å². The predicted octanol–water partition coefficient (Wildman–Crippen LogP) is 4.39. The number of aryl methyl sites for hydroxylation is 1. The molecule has 0 spiro atoms. The summed E-state index contributed by atoms with van der Waals surface area (Å²) in [6.45, 7) is 8.93. The lowest BCUT2D eigenvalue weighted by Crippen LogP contribution is -2.07. The summed E-state index contributed by atoms with van der Waals surface area (Å²) < 4.78 is 0. The number of aromatic nitrogens is 1. The lowest BCUT2D eigenvalue weighted by Gasteiger charge is -2.15. The van der Waals surface area contributed by atoms with E-state index in [0.29, 0.717) is 5.41 Å². The maximum atomic E-state index is 4.32. The average Bonchev–Trinajstić information content (AvgIpc) is 2.23. The number of thioether (sulfide) groups is 1. The molecule has 0 saturated carbocycles. The van der Waals surface area contributed by atoms with Crippen molar-refractivity contribution in [3.05, 3.63) is 35.0 Å². The topological polar surface area (TPSA) is 12.9 Å². The van der Waals surface area contributed by atoms with Gasteiger partial charge in [0.1, 0.15) is 0 Å². The smallest absolute Gasteiger partial charge is 0.0637 e. The van der Waals surface area contributed by atoms with Crippen molar-refractivity contribution in [2.75, 3.05) is 5.75 Å². The van der Waals surface area contributed by atoms with Gasteiger partial charge in [-0.1, -0.05) is 27.7 Å². The molecule has 1 aromatic rings. The van der Waals surface area contributed by atoms with Crippen molar-refractivity contribution in [1.82, 2.24) is 4.98 Å². The van der Waals surface area contributed by atoms with E-state index < -0.39 is 0 Å². The summed E-state index contributed by atoms with van der Waals surface area (Å²) in [4.78, 5) is 4.32. The number of nitrogens with zero attached hydrogens (tertiary/aromatic N) is 1. The van der Waals surface area contributed by atoms with E-state index in [-0.39, 0.29) is 0 Å². The Morgan fingerprint density at radius 3 is 2.75 bits per heavy atom. The van der Waals surface area contributed by atoms with Crippen LogP contribution in [0.1, 0.15) is 39.0 Å². The number of pyridine rings is 1. The summed E-state index contributed by atoms with van der Waals surface area (Å²) in [6.07, 6.45) is 5.04. The fraction of sp³-hybridized carbons (Fsp3) is 0.500. The lowest BCUT2D eigenvalue weighted by molar-refractivity contribution is 0.481.